The average Bonchev–Trinajstić information content (AvgIpc) is 1.86. The zero-order chi connectivity index (χ0) is 6.20. The first-order valence-corrected chi connectivity index (χ1v) is 2.47. The summed E-state index contributed by atoms with van der Waals surface area (Å²) in [5.41, 5.74) is -0.528. The van der Waals surface area contributed by atoms with Gasteiger partial charge in [-0.15, -0.1) is 12.4 Å². The van der Waals surface area contributed by atoms with Gasteiger partial charge in [-0.05, 0) is 13.8 Å². The van der Waals surface area contributed by atoms with Gasteiger partial charge < -0.3 is 5.32 Å². The van der Waals surface area contributed by atoms with Crippen LogP contribution in [0.1, 0.15) is 13.8 Å². The summed E-state index contributed by atoms with van der Waals surface area (Å²) in [4.78, 5) is 14.5. The molecule has 0 saturated heterocycles. The number of aliphatic imine (C=N–C) groups is 1. The molecule has 0 fully saturated rings. The van der Waals surface area contributed by atoms with Crippen LogP contribution in [0.15, 0.2) is 4.99 Å². The Morgan fingerprint density at radius 3 is 2.33 bits per heavy atom. The molecule has 0 aromatic carbocycles. The van der Waals surface area contributed by atoms with Crippen LogP contribution < -0.4 is 5.32 Å². The van der Waals surface area contributed by atoms with Crippen LogP contribution in [0.5, 0.6) is 0 Å². The third-order valence-electron chi connectivity index (χ3n) is 1.14. The largest absolute Gasteiger partial charge is 0.315 e. The van der Waals surface area contributed by atoms with Crippen LogP contribution >= 0.6 is 12.4 Å². The predicted molar refractivity (Wildman–Crippen MR) is 38.0 cm³/mol. The van der Waals surface area contributed by atoms with E-state index in [1.165, 1.54) is 6.34 Å². The maximum absolute atomic E-state index is 10.7. The molecule has 1 amide bonds. The van der Waals surface area contributed by atoms with Gasteiger partial charge in [-0.25, -0.2) is 0 Å². The molecule has 0 bridgehead atoms. The Labute approximate surface area is 60.0 Å². The van der Waals surface area contributed by atoms with Crippen molar-refractivity contribution in [2.45, 2.75) is 19.4 Å². The molecule has 1 N–H and O–H groups in total. The monoisotopic (exact) mass is 148 g/mol. The molecular weight excluding hydrogens is 140 g/mol. The van der Waals surface area contributed by atoms with E-state index < -0.39 is 5.54 Å². The van der Waals surface area contributed by atoms with Crippen LogP contribution in [-0.4, -0.2) is 17.8 Å². The van der Waals surface area contributed by atoms with Gasteiger partial charge in [-0.2, -0.15) is 0 Å². The minimum Gasteiger partial charge on any atom is -0.315 e. The summed E-state index contributed by atoms with van der Waals surface area (Å²) in [5.74, 6) is -0.0301. The summed E-state index contributed by atoms with van der Waals surface area (Å²) < 4.78 is 0. The highest BCUT2D eigenvalue weighted by molar-refractivity contribution is 5.99. The molecule has 52 valence electrons. The van der Waals surface area contributed by atoms with E-state index in [-0.39, 0.29) is 18.3 Å². The molecular formula is C5H9ClN2O. The lowest BCUT2D eigenvalue weighted by Crippen LogP contribution is -2.32. The molecule has 1 aliphatic rings. The fourth-order valence-electron chi connectivity index (χ4n) is 0.488. The van der Waals surface area contributed by atoms with Crippen molar-refractivity contribution < 1.29 is 4.79 Å². The molecule has 0 atom stereocenters. The van der Waals surface area contributed by atoms with E-state index >= 15 is 0 Å². The van der Waals surface area contributed by atoms with Crippen molar-refractivity contribution in [1.29, 1.82) is 0 Å². The Kier molecular flexibility index (Phi) is 2.20. The van der Waals surface area contributed by atoms with Crippen molar-refractivity contribution in [2.24, 2.45) is 4.99 Å². The molecule has 0 radical (unpaired) electrons. The number of amides is 1. The lowest BCUT2D eigenvalue weighted by atomic mass is 10.1. The van der Waals surface area contributed by atoms with Crippen LogP contribution in [-0.2, 0) is 4.79 Å². The van der Waals surface area contributed by atoms with Gasteiger partial charge >= 0.3 is 0 Å². The van der Waals surface area contributed by atoms with E-state index in [9.17, 15) is 4.79 Å². The molecule has 0 aliphatic carbocycles. The summed E-state index contributed by atoms with van der Waals surface area (Å²) in [6.45, 7) is 3.54. The molecule has 1 rings (SSSR count). The Bertz CT molecular complexity index is 153. The Morgan fingerprint density at radius 1 is 1.67 bits per heavy atom. The van der Waals surface area contributed by atoms with E-state index in [0.29, 0.717) is 0 Å². The van der Waals surface area contributed by atoms with Crippen molar-refractivity contribution in [3.05, 3.63) is 0 Å². The minimum atomic E-state index is -0.528. The van der Waals surface area contributed by atoms with Gasteiger partial charge in [0.1, 0.15) is 5.54 Å². The van der Waals surface area contributed by atoms with Crippen LogP contribution in [0.2, 0.25) is 0 Å². The molecule has 0 unspecified atom stereocenters. The number of hydrogen-bond donors (Lipinski definition) is 1. The van der Waals surface area contributed by atoms with Crippen LogP contribution in [0, 0.1) is 0 Å². The molecule has 9 heavy (non-hydrogen) atoms. The first-order chi connectivity index (χ1) is 3.63. The predicted octanol–water partition coefficient (Wildman–Crippen LogP) is 0.345. The van der Waals surface area contributed by atoms with Gasteiger partial charge in [0.25, 0.3) is 5.91 Å². The number of nitrogens with one attached hydrogen (secondary N) is 1. The maximum atomic E-state index is 10.7. The molecule has 0 saturated carbocycles. The SMILES string of the molecule is CC1(C)N=CNC1=O.Cl. The summed E-state index contributed by atoms with van der Waals surface area (Å²) in [5, 5.41) is 2.48. The van der Waals surface area contributed by atoms with Crippen LogP contribution in [0.4, 0.5) is 0 Å². The van der Waals surface area contributed by atoms with Gasteiger partial charge in [0.15, 0.2) is 0 Å². The van der Waals surface area contributed by atoms with Crippen molar-refractivity contribution in [3.8, 4) is 0 Å². The van der Waals surface area contributed by atoms with Crippen molar-refractivity contribution >= 4 is 24.7 Å². The maximum Gasteiger partial charge on any atom is 0.252 e. The highest BCUT2D eigenvalue weighted by Gasteiger charge is 2.28. The summed E-state index contributed by atoms with van der Waals surface area (Å²) in [6.07, 6.45) is 1.43. The fourth-order valence-corrected chi connectivity index (χ4v) is 0.488. The number of carbonyl (C=O) groups is 1. The second-order valence-electron chi connectivity index (χ2n) is 2.29. The van der Waals surface area contributed by atoms with E-state index in [1.54, 1.807) is 13.8 Å². The second-order valence-corrected chi connectivity index (χ2v) is 2.29. The topological polar surface area (TPSA) is 41.5 Å². The standard InChI is InChI=1S/C5H8N2O.ClH/c1-5(2)4(8)6-3-7-5;/h3H,1-2H3,(H,6,7,8);1H. The number of hydrogen-bond acceptors (Lipinski definition) is 2. The number of halogens is 1. The summed E-state index contributed by atoms with van der Waals surface area (Å²) in [7, 11) is 0. The molecule has 3 nitrogen and oxygen atoms in total. The first-order valence-electron chi connectivity index (χ1n) is 2.47. The van der Waals surface area contributed by atoms with Crippen molar-refractivity contribution in [2.75, 3.05) is 0 Å². The minimum absolute atomic E-state index is 0. The number of nitrogens with zero attached hydrogens (tertiary/aromatic N) is 1. The van der Waals surface area contributed by atoms with Crippen molar-refractivity contribution in [3.63, 3.8) is 0 Å². The average molecular weight is 149 g/mol. The molecule has 1 aliphatic heterocycles. The number of carbonyl (C=O) groups excluding carboxylic acids is 1. The summed E-state index contributed by atoms with van der Waals surface area (Å²) >= 11 is 0. The van der Waals surface area contributed by atoms with Gasteiger partial charge in [0.05, 0.1) is 6.34 Å². The smallest absolute Gasteiger partial charge is 0.252 e. The lowest BCUT2D eigenvalue weighted by Gasteiger charge is -2.07. The Hall–Kier alpha value is -0.570. The zero-order valence-corrected chi connectivity index (χ0v) is 6.16. The van der Waals surface area contributed by atoms with Crippen LogP contribution in [0.25, 0.3) is 0 Å². The van der Waals surface area contributed by atoms with E-state index in [2.05, 4.69) is 10.3 Å². The van der Waals surface area contributed by atoms with Crippen LogP contribution in [0.3, 0.4) is 0 Å². The Balaban J connectivity index is 0.000000640. The van der Waals surface area contributed by atoms with E-state index in [1.807, 2.05) is 0 Å². The highest BCUT2D eigenvalue weighted by Crippen LogP contribution is 2.10. The normalized spacial score (nSPS) is 20.9. The third kappa shape index (κ3) is 1.42. The van der Waals surface area contributed by atoms with Gasteiger partial charge in [-0.1, -0.05) is 0 Å². The molecule has 0 spiro atoms. The van der Waals surface area contributed by atoms with Gasteiger partial charge in [0.2, 0.25) is 0 Å². The second kappa shape index (κ2) is 2.35. The van der Waals surface area contributed by atoms with Crippen molar-refractivity contribution in [1.82, 2.24) is 5.32 Å². The summed E-state index contributed by atoms with van der Waals surface area (Å²) in [6, 6.07) is 0. The molecule has 1 heterocycles. The first kappa shape index (κ1) is 8.43. The quantitative estimate of drug-likeness (QED) is 0.529. The molecule has 0 aromatic rings. The van der Waals surface area contributed by atoms with E-state index in [4.69, 9.17) is 0 Å². The van der Waals surface area contributed by atoms with Gasteiger partial charge in [-0.3, -0.25) is 9.79 Å². The zero-order valence-electron chi connectivity index (χ0n) is 5.34. The number of rotatable bonds is 0. The van der Waals surface area contributed by atoms with Gasteiger partial charge in [0, 0.05) is 0 Å². The third-order valence-corrected chi connectivity index (χ3v) is 1.14. The molecule has 0 aromatic heterocycles. The highest BCUT2D eigenvalue weighted by atomic mass is 35.5. The van der Waals surface area contributed by atoms with E-state index in [0.717, 1.165) is 0 Å². The molecule has 4 heteroatoms. The Morgan fingerprint density at radius 2 is 2.22 bits per heavy atom. The fraction of sp³-hybridized carbons (Fsp3) is 0.600. The lowest BCUT2D eigenvalue weighted by molar-refractivity contribution is -0.122.